The molecule has 0 saturated carbocycles. The lowest BCUT2D eigenvalue weighted by molar-refractivity contribution is -0.112. The molecule has 0 saturated heterocycles. The van der Waals surface area contributed by atoms with Gasteiger partial charge >= 0.3 is 5.97 Å². The van der Waals surface area contributed by atoms with Crippen molar-refractivity contribution in [2.24, 2.45) is 0 Å². The van der Waals surface area contributed by atoms with Crippen molar-refractivity contribution >= 4 is 35.0 Å². The fraction of sp³-hybridized carbons (Fsp3) is 0.150. The highest BCUT2D eigenvalue weighted by molar-refractivity contribution is 7.98. The maximum Gasteiger partial charge on any atom is 0.340 e. The van der Waals surface area contributed by atoms with E-state index in [1.165, 1.54) is 6.20 Å². The molecule has 27 heavy (non-hydrogen) atoms. The molecule has 138 valence electrons. The molecule has 6 nitrogen and oxygen atoms in total. The SMILES string of the molecule is CCOC(=O)c1ccccc1NC(=O)/C(C#N)=C\Nc1cccc(SC)c1. The third kappa shape index (κ3) is 5.62. The second-order valence-electron chi connectivity index (χ2n) is 5.27. The summed E-state index contributed by atoms with van der Waals surface area (Å²) in [6, 6.07) is 15.9. The quantitative estimate of drug-likeness (QED) is 0.325. The fourth-order valence-electron chi connectivity index (χ4n) is 2.19. The molecule has 2 aromatic rings. The van der Waals surface area contributed by atoms with Gasteiger partial charge in [0.05, 0.1) is 17.9 Å². The van der Waals surface area contributed by atoms with Gasteiger partial charge in [-0.3, -0.25) is 4.79 Å². The number of nitrogens with zero attached hydrogens (tertiary/aromatic N) is 1. The predicted molar refractivity (Wildman–Crippen MR) is 107 cm³/mol. The van der Waals surface area contributed by atoms with E-state index in [9.17, 15) is 14.9 Å². The van der Waals surface area contributed by atoms with Crippen molar-refractivity contribution in [3.8, 4) is 6.07 Å². The lowest BCUT2D eigenvalue weighted by Gasteiger charge is -2.10. The van der Waals surface area contributed by atoms with Crippen LogP contribution < -0.4 is 10.6 Å². The smallest absolute Gasteiger partial charge is 0.340 e. The van der Waals surface area contributed by atoms with Gasteiger partial charge in [-0.1, -0.05) is 18.2 Å². The van der Waals surface area contributed by atoms with E-state index in [1.54, 1.807) is 43.0 Å². The van der Waals surface area contributed by atoms with E-state index < -0.39 is 11.9 Å². The van der Waals surface area contributed by atoms with E-state index in [-0.39, 0.29) is 23.4 Å². The summed E-state index contributed by atoms with van der Waals surface area (Å²) in [7, 11) is 0. The minimum Gasteiger partial charge on any atom is -0.462 e. The molecule has 0 aliphatic rings. The minimum absolute atomic E-state index is 0.122. The second-order valence-corrected chi connectivity index (χ2v) is 6.15. The van der Waals surface area contributed by atoms with Crippen LogP contribution in [0.5, 0.6) is 0 Å². The van der Waals surface area contributed by atoms with Crippen molar-refractivity contribution in [2.45, 2.75) is 11.8 Å². The average molecular weight is 381 g/mol. The van der Waals surface area contributed by atoms with E-state index in [0.29, 0.717) is 0 Å². The van der Waals surface area contributed by atoms with Crippen LogP contribution in [0.1, 0.15) is 17.3 Å². The van der Waals surface area contributed by atoms with E-state index >= 15 is 0 Å². The molecule has 0 aromatic heterocycles. The highest BCUT2D eigenvalue weighted by atomic mass is 32.2. The Labute approximate surface area is 162 Å². The maximum absolute atomic E-state index is 12.4. The van der Waals surface area contributed by atoms with E-state index in [0.717, 1.165) is 10.6 Å². The van der Waals surface area contributed by atoms with Crippen molar-refractivity contribution < 1.29 is 14.3 Å². The van der Waals surface area contributed by atoms with Gasteiger partial charge in [-0.05, 0) is 43.5 Å². The van der Waals surface area contributed by atoms with Crippen LogP contribution in [0, 0.1) is 11.3 Å². The molecule has 0 fully saturated rings. The third-order valence-corrected chi connectivity index (χ3v) is 4.21. The van der Waals surface area contributed by atoms with Crippen molar-refractivity contribution in [1.29, 1.82) is 5.26 Å². The summed E-state index contributed by atoms with van der Waals surface area (Å²) in [6.07, 6.45) is 3.30. The van der Waals surface area contributed by atoms with Gasteiger partial charge in [0.1, 0.15) is 11.6 Å². The maximum atomic E-state index is 12.4. The Hall–Kier alpha value is -3.24. The van der Waals surface area contributed by atoms with Crippen LogP contribution in [0.2, 0.25) is 0 Å². The first-order chi connectivity index (χ1) is 13.1. The third-order valence-electron chi connectivity index (χ3n) is 3.49. The van der Waals surface area contributed by atoms with Gasteiger partial charge in [0.15, 0.2) is 0 Å². The zero-order valence-electron chi connectivity index (χ0n) is 15.0. The molecule has 1 amide bonds. The number of benzene rings is 2. The zero-order valence-corrected chi connectivity index (χ0v) is 15.8. The van der Waals surface area contributed by atoms with Gasteiger partial charge < -0.3 is 15.4 Å². The highest BCUT2D eigenvalue weighted by Gasteiger charge is 2.16. The van der Waals surface area contributed by atoms with Crippen LogP contribution in [0.25, 0.3) is 0 Å². The van der Waals surface area contributed by atoms with Gasteiger partial charge in [0, 0.05) is 16.8 Å². The Bertz CT molecular complexity index is 903. The van der Waals surface area contributed by atoms with E-state index in [4.69, 9.17) is 4.74 Å². The molecular weight excluding hydrogens is 362 g/mol. The number of amides is 1. The molecule has 0 radical (unpaired) electrons. The molecular formula is C20H19N3O3S. The second kappa shape index (κ2) is 10.0. The molecule has 0 aliphatic carbocycles. The molecule has 0 unspecified atom stereocenters. The zero-order chi connectivity index (χ0) is 19.6. The van der Waals surface area contributed by atoms with Crippen LogP contribution in [-0.4, -0.2) is 24.7 Å². The van der Waals surface area contributed by atoms with E-state index in [2.05, 4.69) is 10.6 Å². The minimum atomic E-state index is -0.622. The van der Waals surface area contributed by atoms with Gasteiger partial charge in [0.25, 0.3) is 5.91 Å². The number of ether oxygens (including phenoxy) is 1. The number of thioether (sulfide) groups is 1. The number of nitrogens with one attached hydrogen (secondary N) is 2. The molecule has 0 aliphatic heterocycles. The molecule has 0 atom stereocenters. The lowest BCUT2D eigenvalue weighted by atomic mass is 10.1. The van der Waals surface area contributed by atoms with Gasteiger partial charge in [-0.25, -0.2) is 4.79 Å². The van der Waals surface area contributed by atoms with Gasteiger partial charge in [-0.2, -0.15) is 5.26 Å². The molecule has 2 aromatic carbocycles. The highest BCUT2D eigenvalue weighted by Crippen LogP contribution is 2.20. The summed E-state index contributed by atoms with van der Waals surface area (Å²) in [5.41, 5.74) is 1.15. The molecule has 0 spiro atoms. The first-order valence-electron chi connectivity index (χ1n) is 8.17. The Morgan fingerprint density at radius 3 is 2.70 bits per heavy atom. The van der Waals surface area contributed by atoms with E-state index in [1.807, 2.05) is 36.6 Å². The van der Waals surface area contributed by atoms with Gasteiger partial charge in [0.2, 0.25) is 0 Å². The summed E-state index contributed by atoms with van der Waals surface area (Å²) in [4.78, 5) is 25.5. The average Bonchev–Trinajstić information content (AvgIpc) is 2.69. The lowest BCUT2D eigenvalue weighted by Crippen LogP contribution is -2.17. The van der Waals surface area contributed by atoms with Crippen LogP contribution in [0.3, 0.4) is 0 Å². The first kappa shape index (κ1) is 20.1. The largest absolute Gasteiger partial charge is 0.462 e. The van der Waals surface area contributed by atoms with Crippen molar-refractivity contribution in [1.82, 2.24) is 0 Å². The van der Waals surface area contributed by atoms with Crippen molar-refractivity contribution in [2.75, 3.05) is 23.5 Å². The number of hydrogen-bond donors (Lipinski definition) is 2. The van der Waals surface area contributed by atoms with Crippen LogP contribution in [0.15, 0.2) is 65.2 Å². The number of rotatable bonds is 7. The Morgan fingerprint density at radius 2 is 2.00 bits per heavy atom. The monoisotopic (exact) mass is 381 g/mol. The van der Waals surface area contributed by atoms with Crippen LogP contribution in [0.4, 0.5) is 11.4 Å². The number of nitriles is 1. The normalized spacial score (nSPS) is 10.6. The van der Waals surface area contributed by atoms with Crippen LogP contribution in [-0.2, 0) is 9.53 Å². The summed E-state index contributed by atoms with van der Waals surface area (Å²) in [6.45, 7) is 1.93. The van der Waals surface area contributed by atoms with Crippen LogP contribution >= 0.6 is 11.8 Å². The van der Waals surface area contributed by atoms with Gasteiger partial charge in [-0.15, -0.1) is 11.8 Å². The number of para-hydroxylation sites is 1. The molecule has 2 rings (SSSR count). The summed E-state index contributed by atoms with van der Waals surface area (Å²) in [5, 5.41) is 14.8. The van der Waals surface area contributed by atoms with Crippen molar-refractivity contribution in [3.63, 3.8) is 0 Å². The Balaban J connectivity index is 2.16. The number of carbonyl (C=O) groups is 2. The number of carbonyl (C=O) groups excluding carboxylic acids is 2. The molecule has 7 heteroatoms. The molecule has 0 bridgehead atoms. The topological polar surface area (TPSA) is 91.2 Å². The van der Waals surface area contributed by atoms with Crippen molar-refractivity contribution in [3.05, 3.63) is 65.9 Å². The summed E-state index contributed by atoms with van der Waals surface area (Å²) in [5.74, 6) is -1.16. The number of anilines is 2. The number of esters is 1. The summed E-state index contributed by atoms with van der Waals surface area (Å²) < 4.78 is 4.98. The Morgan fingerprint density at radius 1 is 1.22 bits per heavy atom. The molecule has 2 N–H and O–H groups in total. The number of hydrogen-bond acceptors (Lipinski definition) is 6. The molecule has 0 heterocycles. The Kier molecular flexibility index (Phi) is 7.47. The fourth-order valence-corrected chi connectivity index (χ4v) is 2.65. The standard InChI is InChI=1S/C20H19N3O3S/c1-3-26-20(25)17-9-4-5-10-18(17)23-19(24)14(12-21)13-22-15-7-6-8-16(11-15)27-2/h4-11,13,22H,3H2,1-2H3,(H,23,24)/b14-13-. The predicted octanol–water partition coefficient (Wildman–Crippen LogP) is 4.04. The first-order valence-corrected chi connectivity index (χ1v) is 9.39. The summed E-state index contributed by atoms with van der Waals surface area (Å²) >= 11 is 1.59.